The standard InChI is InChI=1S/C13H19BrN4/c1-17-5-7-18(8-6-17)11-9-12(14)16-10-3-2-4-15-13(10)11/h9,15H,2-8H2,1H3. The lowest BCUT2D eigenvalue weighted by Crippen LogP contribution is -2.45. The summed E-state index contributed by atoms with van der Waals surface area (Å²) in [5.74, 6) is 0. The number of hydrogen-bond acceptors (Lipinski definition) is 4. The molecule has 2 aliphatic heterocycles. The molecule has 1 N–H and O–H groups in total. The maximum atomic E-state index is 4.60. The molecule has 0 unspecified atom stereocenters. The molecule has 0 amide bonds. The molecule has 18 heavy (non-hydrogen) atoms. The van der Waals surface area contributed by atoms with Crippen LogP contribution in [0.2, 0.25) is 0 Å². The van der Waals surface area contributed by atoms with Crippen molar-refractivity contribution in [2.24, 2.45) is 0 Å². The molecule has 1 saturated heterocycles. The summed E-state index contributed by atoms with van der Waals surface area (Å²) >= 11 is 3.54. The number of likely N-dealkylation sites (N-methyl/N-ethyl adjacent to an activating group) is 1. The van der Waals surface area contributed by atoms with E-state index in [0.717, 1.165) is 43.7 Å². The normalized spacial score (nSPS) is 20.4. The quantitative estimate of drug-likeness (QED) is 0.804. The third-order valence-corrected chi connectivity index (χ3v) is 4.18. The van der Waals surface area contributed by atoms with Gasteiger partial charge in [0.25, 0.3) is 0 Å². The zero-order valence-corrected chi connectivity index (χ0v) is 12.3. The molecule has 0 atom stereocenters. The van der Waals surface area contributed by atoms with Crippen LogP contribution in [0.1, 0.15) is 12.1 Å². The number of rotatable bonds is 1. The largest absolute Gasteiger partial charge is 0.382 e. The molecule has 0 spiro atoms. The van der Waals surface area contributed by atoms with Gasteiger partial charge in [-0.05, 0) is 41.9 Å². The molecule has 1 aromatic heterocycles. The van der Waals surface area contributed by atoms with Crippen molar-refractivity contribution in [2.75, 3.05) is 50.0 Å². The van der Waals surface area contributed by atoms with Crippen LogP contribution >= 0.6 is 15.9 Å². The van der Waals surface area contributed by atoms with Crippen LogP contribution in [0.15, 0.2) is 10.7 Å². The van der Waals surface area contributed by atoms with Crippen molar-refractivity contribution in [1.29, 1.82) is 0 Å². The van der Waals surface area contributed by atoms with E-state index in [-0.39, 0.29) is 0 Å². The summed E-state index contributed by atoms with van der Waals surface area (Å²) in [6.07, 6.45) is 2.27. The van der Waals surface area contributed by atoms with Gasteiger partial charge in [-0.2, -0.15) is 0 Å². The van der Waals surface area contributed by atoms with Crippen LogP contribution in [0.4, 0.5) is 11.4 Å². The van der Waals surface area contributed by atoms with Gasteiger partial charge in [-0.25, -0.2) is 4.98 Å². The van der Waals surface area contributed by atoms with Crippen LogP contribution in [-0.2, 0) is 6.42 Å². The number of anilines is 2. The van der Waals surface area contributed by atoms with Crippen molar-refractivity contribution in [3.05, 3.63) is 16.4 Å². The van der Waals surface area contributed by atoms with Crippen molar-refractivity contribution >= 4 is 27.3 Å². The van der Waals surface area contributed by atoms with Crippen molar-refractivity contribution in [3.63, 3.8) is 0 Å². The van der Waals surface area contributed by atoms with Crippen LogP contribution in [0.5, 0.6) is 0 Å². The lowest BCUT2D eigenvalue weighted by atomic mass is 10.1. The minimum atomic E-state index is 0.957. The second-order valence-corrected chi connectivity index (χ2v) is 5.92. The number of pyridine rings is 1. The second-order valence-electron chi connectivity index (χ2n) is 5.11. The van der Waals surface area contributed by atoms with E-state index >= 15 is 0 Å². The summed E-state index contributed by atoms with van der Waals surface area (Å²) in [6, 6.07) is 2.16. The first kappa shape index (κ1) is 12.2. The smallest absolute Gasteiger partial charge is 0.108 e. The van der Waals surface area contributed by atoms with E-state index in [4.69, 9.17) is 0 Å². The Hall–Kier alpha value is -0.810. The average molecular weight is 311 g/mol. The van der Waals surface area contributed by atoms with Crippen molar-refractivity contribution < 1.29 is 0 Å². The molecule has 5 heteroatoms. The predicted molar refractivity (Wildman–Crippen MR) is 78.5 cm³/mol. The maximum absolute atomic E-state index is 4.60. The number of hydrogen-bond donors (Lipinski definition) is 1. The molecule has 0 aliphatic carbocycles. The van der Waals surface area contributed by atoms with Crippen LogP contribution in [0.25, 0.3) is 0 Å². The molecule has 98 valence electrons. The average Bonchev–Trinajstić information content (AvgIpc) is 2.38. The van der Waals surface area contributed by atoms with E-state index < -0.39 is 0 Å². The van der Waals surface area contributed by atoms with Crippen LogP contribution < -0.4 is 10.2 Å². The van der Waals surface area contributed by atoms with E-state index in [1.807, 2.05) is 0 Å². The van der Waals surface area contributed by atoms with Gasteiger partial charge in [0, 0.05) is 32.7 Å². The Morgan fingerprint density at radius 1 is 1.28 bits per heavy atom. The van der Waals surface area contributed by atoms with Gasteiger partial charge in [0.2, 0.25) is 0 Å². The Labute approximate surface area is 116 Å². The van der Waals surface area contributed by atoms with Gasteiger partial charge in [0.15, 0.2) is 0 Å². The summed E-state index contributed by atoms with van der Waals surface area (Å²) in [5, 5.41) is 3.53. The van der Waals surface area contributed by atoms with Gasteiger partial charge in [-0.3, -0.25) is 0 Å². The molecule has 3 heterocycles. The number of fused-ring (bicyclic) bond motifs is 1. The zero-order chi connectivity index (χ0) is 12.5. The molecular weight excluding hydrogens is 292 g/mol. The Bertz CT molecular complexity index is 441. The first-order chi connectivity index (χ1) is 8.74. The summed E-state index contributed by atoms with van der Waals surface area (Å²) in [7, 11) is 2.19. The number of aromatic nitrogens is 1. The SMILES string of the molecule is CN1CCN(c2cc(Br)nc3c2NCCC3)CC1. The monoisotopic (exact) mass is 310 g/mol. The highest BCUT2D eigenvalue weighted by molar-refractivity contribution is 9.10. The van der Waals surface area contributed by atoms with Gasteiger partial charge in [0.1, 0.15) is 4.60 Å². The minimum Gasteiger partial charge on any atom is -0.382 e. The Morgan fingerprint density at radius 2 is 2.06 bits per heavy atom. The summed E-state index contributed by atoms with van der Waals surface area (Å²) < 4.78 is 0.957. The molecule has 1 aromatic rings. The Balaban J connectivity index is 1.93. The molecule has 0 aromatic carbocycles. The third kappa shape index (κ3) is 2.34. The first-order valence-corrected chi connectivity index (χ1v) is 7.40. The van der Waals surface area contributed by atoms with Crippen molar-refractivity contribution in [2.45, 2.75) is 12.8 Å². The summed E-state index contributed by atoms with van der Waals surface area (Å²) in [6.45, 7) is 5.53. The third-order valence-electron chi connectivity index (χ3n) is 3.78. The number of aryl methyl sites for hydroxylation is 1. The second kappa shape index (κ2) is 5.05. The molecule has 0 bridgehead atoms. The van der Waals surface area contributed by atoms with Gasteiger partial charge in [-0.15, -0.1) is 0 Å². The number of nitrogens with one attached hydrogen (secondary N) is 1. The lowest BCUT2D eigenvalue weighted by molar-refractivity contribution is 0.313. The van der Waals surface area contributed by atoms with E-state index in [0.29, 0.717) is 0 Å². The Morgan fingerprint density at radius 3 is 2.83 bits per heavy atom. The van der Waals surface area contributed by atoms with Crippen LogP contribution in [-0.4, -0.2) is 49.7 Å². The molecule has 0 radical (unpaired) electrons. The minimum absolute atomic E-state index is 0.957. The summed E-state index contributed by atoms with van der Waals surface area (Å²) in [4.78, 5) is 9.46. The fourth-order valence-electron chi connectivity index (χ4n) is 2.69. The van der Waals surface area contributed by atoms with Gasteiger partial charge >= 0.3 is 0 Å². The molecule has 3 rings (SSSR count). The van der Waals surface area contributed by atoms with E-state index in [9.17, 15) is 0 Å². The fourth-order valence-corrected chi connectivity index (χ4v) is 3.12. The van der Waals surface area contributed by atoms with E-state index in [1.54, 1.807) is 0 Å². The highest BCUT2D eigenvalue weighted by atomic mass is 79.9. The van der Waals surface area contributed by atoms with Crippen molar-refractivity contribution in [3.8, 4) is 0 Å². The van der Waals surface area contributed by atoms with Crippen LogP contribution in [0, 0.1) is 0 Å². The highest BCUT2D eigenvalue weighted by Crippen LogP contribution is 2.34. The topological polar surface area (TPSA) is 31.4 Å². The van der Waals surface area contributed by atoms with Crippen molar-refractivity contribution in [1.82, 2.24) is 9.88 Å². The number of nitrogens with zero attached hydrogens (tertiary/aromatic N) is 3. The van der Waals surface area contributed by atoms with Gasteiger partial charge in [-0.1, -0.05) is 0 Å². The molecule has 4 nitrogen and oxygen atoms in total. The maximum Gasteiger partial charge on any atom is 0.108 e. The van der Waals surface area contributed by atoms with Crippen LogP contribution in [0.3, 0.4) is 0 Å². The molecule has 0 saturated carbocycles. The first-order valence-electron chi connectivity index (χ1n) is 6.61. The highest BCUT2D eigenvalue weighted by Gasteiger charge is 2.21. The zero-order valence-electron chi connectivity index (χ0n) is 10.7. The number of piperazine rings is 1. The van der Waals surface area contributed by atoms with E-state index in [2.05, 4.69) is 49.1 Å². The van der Waals surface area contributed by atoms with Gasteiger partial charge in [0.05, 0.1) is 17.1 Å². The molecular formula is C13H19BrN4. The molecule has 2 aliphatic rings. The number of halogens is 1. The van der Waals surface area contributed by atoms with Gasteiger partial charge < -0.3 is 15.1 Å². The Kier molecular flexibility index (Phi) is 3.43. The molecule has 1 fully saturated rings. The predicted octanol–water partition coefficient (Wildman–Crippen LogP) is 1.95. The summed E-state index contributed by atoms with van der Waals surface area (Å²) in [5.41, 5.74) is 3.79. The lowest BCUT2D eigenvalue weighted by Gasteiger charge is -2.36. The van der Waals surface area contributed by atoms with E-state index in [1.165, 1.54) is 23.5 Å². The fraction of sp³-hybridized carbons (Fsp3) is 0.615.